The third-order valence-electron chi connectivity index (χ3n) is 5.14. The molecule has 2 N–H and O–H groups in total. The normalized spacial score (nSPS) is 15.3. The molecular formula is C22H29N2O3S+. The van der Waals surface area contributed by atoms with Crippen LogP contribution in [-0.2, 0) is 28.7 Å². The second kappa shape index (κ2) is 9.34. The SMILES string of the molecule is CS(=O)(=O)Cc1ccc(C(=O)NCc2ccc(C[NH+]3CCCCC3)cc2)cc1. The highest BCUT2D eigenvalue weighted by molar-refractivity contribution is 7.89. The van der Waals surface area contributed by atoms with E-state index in [2.05, 4.69) is 29.6 Å². The van der Waals surface area contributed by atoms with Gasteiger partial charge in [-0.3, -0.25) is 4.79 Å². The first-order valence-electron chi connectivity index (χ1n) is 9.85. The molecule has 1 heterocycles. The van der Waals surface area contributed by atoms with Crippen molar-refractivity contribution in [3.63, 3.8) is 0 Å². The summed E-state index contributed by atoms with van der Waals surface area (Å²) < 4.78 is 22.7. The molecule has 0 bridgehead atoms. The molecule has 1 aliphatic heterocycles. The molecule has 0 atom stereocenters. The average Bonchev–Trinajstić information content (AvgIpc) is 2.67. The molecule has 0 saturated carbocycles. The Morgan fingerprint density at radius 1 is 0.893 bits per heavy atom. The van der Waals surface area contributed by atoms with Crippen molar-refractivity contribution in [1.29, 1.82) is 0 Å². The Kier molecular flexibility index (Phi) is 6.86. The fourth-order valence-electron chi connectivity index (χ4n) is 3.63. The quantitative estimate of drug-likeness (QED) is 0.743. The van der Waals surface area contributed by atoms with E-state index in [1.54, 1.807) is 29.2 Å². The molecule has 2 aromatic carbocycles. The molecule has 5 nitrogen and oxygen atoms in total. The highest BCUT2D eigenvalue weighted by Gasteiger charge is 2.13. The number of sulfone groups is 1. The fraction of sp³-hybridized carbons (Fsp3) is 0.409. The summed E-state index contributed by atoms with van der Waals surface area (Å²) in [4.78, 5) is 14.0. The lowest BCUT2D eigenvalue weighted by Gasteiger charge is -2.23. The summed E-state index contributed by atoms with van der Waals surface area (Å²) in [5.74, 6) is -0.173. The molecule has 28 heavy (non-hydrogen) atoms. The standard InChI is InChI=1S/C22H28N2O3S/c1-28(26,27)17-20-9-11-21(12-10-20)22(25)23-15-18-5-7-19(8-6-18)16-24-13-3-2-4-14-24/h5-12H,2-4,13-17H2,1H3,(H,23,25)/p+1. The van der Waals surface area contributed by atoms with Gasteiger partial charge in [-0.05, 0) is 42.5 Å². The van der Waals surface area contributed by atoms with Crippen molar-refractivity contribution in [1.82, 2.24) is 5.32 Å². The van der Waals surface area contributed by atoms with Gasteiger partial charge in [-0.1, -0.05) is 36.4 Å². The number of quaternary nitrogens is 1. The molecule has 150 valence electrons. The maximum absolute atomic E-state index is 12.3. The third kappa shape index (κ3) is 6.46. The molecular weight excluding hydrogens is 372 g/mol. The zero-order valence-electron chi connectivity index (χ0n) is 16.4. The van der Waals surface area contributed by atoms with Crippen LogP contribution in [0.3, 0.4) is 0 Å². The predicted molar refractivity (Wildman–Crippen MR) is 111 cm³/mol. The van der Waals surface area contributed by atoms with Crippen LogP contribution in [0, 0.1) is 0 Å². The van der Waals surface area contributed by atoms with Gasteiger partial charge in [0.2, 0.25) is 0 Å². The van der Waals surface area contributed by atoms with Crippen LogP contribution in [0.25, 0.3) is 0 Å². The predicted octanol–water partition coefficient (Wildman–Crippen LogP) is 1.73. The Balaban J connectivity index is 1.50. The van der Waals surface area contributed by atoms with E-state index >= 15 is 0 Å². The first-order chi connectivity index (χ1) is 13.4. The van der Waals surface area contributed by atoms with E-state index in [1.165, 1.54) is 44.2 Å². The fourth-order valence-corrected chi connectivity index (χ4v) is 4.43. The second-order valence-electron chi connectivity index (χ2n) is 7.75. The lowest BCUT2D eigenvalue weighted by Crippen LogP contribution is -3.11. The number of piperidine rings is 1. The maximum Gasteiger partial charge on any atom is 0.251 e. The number of benzene rings is 2. The Labute approximate surface area is 167 Å². The van der Waals surface area contributed by atoms with Gasteiger partial charge >= 0.3 is 0 Å². The Morgan fingerprint density at radius 2 is 1.46 bits per heavy atom. The number of amides is 1. The molecule has 0 spiro atoms. The van der Waals surface area contributed by atoms with Crippen molar-refractivity contribution >= 4 is 15.7 Å². The van der Waals surface area contributed by atoms with Crippen LogP contribution in [0.2, 0.25) is 0 Å². The van der Waals surface area contributed by atoms with Crippen LogP contribution in [-0.4, -0.2) is 33.7 Å². The lowest BCUT2D eigenvalue weighted by molar-refractivity contribution is -0.918. The number of hydrogen-bond donors (Lipinski definition) is 2. The molecule has 0 aliphatic carbocycles. The van der Waals surface area contributed by atoms with Gasteiger partial charge in [-0.25, -0.2) is 8.42 Å². The first-order valence-corrected chi connectivity index (χ1v) is 11.9. The second-order valence-corrected chi connectivity index (χ2v) is 9.89. The lowest BCUT2D eigenvalue weighted by atomic mass is 10.1. The van der Waals surface area contributed by atoms with E-state index in [-0.39, 0.29) is 11.7 Å². The van der Waals surface area contributed by atoms with Crippen LogP contribution < -0.4 is 10.2 Å². The number of carbonyl (C=O) groups excluding carboxylic acids is 1. The zero-order valence-corrected chi connectivity index (χ0v) is 17.2. The van der Waals surface area contributed by atoms with Crippen LogP contribution in [0.5, 0.6) is 0 Å². The van der Waals surface area contributed by atoms with E-state index in [4.69, 9.17) is 0 Å². The van der Waals surface area contributed by atoms with Crippen molar-refractivity contribution < 1.29 is 18.1 Å². The molecule has 1 saturated heterocycles. The van der Waals surface area contributed by atoms with Gasteiger partial charge in [0.05, 0.1) is 18.8 Å². The largest absolute Gasteiger partial charge is 0.348 e. The molecule has 0 radical (unpaired) electrons. The minimum atomic E-state index is -3.07. The molecule has 0 unspecified atom stereocenters. The van der Waals surface area contributed by atoms with Gasteiger partial charge in [0.25, 0.3) is 5.91 Å². The monoisotopic (exact) mass is 401 g/mol. The van der Waals surface area contributed by atoms with E-state index in [9.17, 15) is 13.2 Å². The summed E-state index contributed by atoms with van der Waals surface area (Å²) in [5, 5.41) is 2.92. The Bertz CT molecular complexity index is 884. The third-order valence-corrected chi connectivity index (χ3v) is 5.99. The minimum absolute atomic E-state index is 0.0135. The molecule has 0 aromatic heterocycles. The van der Waals surface area contributed by atoms with E-state index in [0.29, 0.717) is 17.7 Å². The molecule has 1 amide bonds. The highest BCUT2D eigenvalue weighted by Crippen LogP contribution is 2.09. The molecule has 2 aromatic rings. The zero-order chi connectivity index (χ0) is 20.0. The molecule has 3 rings (SSSR count). The summed E-state index contributed by atoms with van der Waals surface area (Å²) in [5.41, 5.74) is 3.63. The smallest absolute Gasteiger partial charge is 0.251 e. The number of nitrogens with one attached hydrogen (secondary N) is 2. The Hall–Kier alpha value is -2.18. The molecule has 1 fully saturated rings. The van der Waals surface area contributed by atoms with Gasteiger partial charge in [-0.15, -0.1) is 0 Å². The summed E-state index contributed by atoms with van der Waals surface area (Å²) in [6, 6.07) is 15.2. The van der Waals surface area contributed by atoms with Crippen LogP contribution in [0.4, 0.5) is 0 Å². The van der Waals surface area contributed by atoms with E-state index < -0.39 is 9.84 Å². The highest BCUT2D eigenvalue weighted by atomic mass is 32.2. The minimum Gasteiger partial charge on any atom is -0.348 e. The van der Waals surface area contributed by atoms with Crippen molar-refractivity contribution in [3.05, 3.63) is 70.8 Å². The summed E-state index contributed by atoms with van der Waals surface area (Å²) in [6.07, 6.45) is 5.22. The topological polar surface area (TPSA) is 67.7 Å². The van der Waals surface area contributed by atoms with E-state index in [0.717, 1.165) is 12.1 Å². The van der Waals surface area contributed by atoms with Gasteiger partial charge in [0, 0.05) is 23.9 Å². The summed E-state index contributed by atoms with van der Waals surface area (Å²) in [7, 11) is -3.07. The Morgan fingerprint density at radius 3 is 2.07 bits per heavy atom. The van der Waals surface area contributed by atoms with Crippen LogP contribution >= 0.6 is 0 Å². The van der Waals surface area contributed by atoms with E-state index in [1.807, 2.05) is 0 Å². The van der Waals surface area contributed by atoms with Gasteiger partial charge in [0.15, 0.2) is 9.84 Å². The number of carbonyl (C=O) groups is 1. The summed E-state index contributed by atoms with van der Waals surface area (Å²) >= 11 is 0. The van der Waals surface area contributed by atoms with Crippen molar-refractivity contribution in [2.45, 2.75) is 38.1 Å². The van der Waals surface area contributed by atoms with Crippen LogP contribution in [0.15, 0.2) is 48.5 Å². The van der Waals surface area contributed by atoms with Gasteiger partial charge in [0.1, 0.15) is 6.54 Å². The van der Waals surface area contributed by atoms with Crippen molar-refractivity contribution in [3.8, 4) is 0 Å². The number of rotatable bonds is 7. The van der Waals surface area contributed by atoms with Crippen molar-refractivity contribution in [2.75, 3.05) is 19.3 Å². The molecule has 1 aliphatic rings. The van der Waals surface area contributed by atoms with Gasteiger partial charge in [-0.2, -0.15) is 0 Å². The first kappa shape index (κ1) is 20.6. The van der Waals surface area contributed by atoms with Crippen LogP contribution in [0.1, 0.15) is 46.3 Å². The average molecular weight is 402 g/mol. The molecule has 6 heteroatoms. The summed E-state index contributed by atoms with van der Waals surface area (Å²) in [6.45, 7) is 4.08. The van der Waals surface area contributed by atoms with Crippen molar-refractivity contribution in [2.24, 2.45) is 0 Å². The number of likely N-dealkylation sites (tertiary alicyclic amines) is 1. The van der Waals surface area contributed by atoms with Gasteiger partial charge < -0.3 is 10.2 Å². The number of hydrogen-bond acceptors (Lipinski definition) is 3. The maximum atomic E-state index is 12.3.